The molecule has 4 nitrogen and oxygen atoms in total. The summed E-state index contributed by atoms with van der Waals surface area (Å²) in [5.41, 5.74) is 1.95. The fourth-order valence-electron chi connectivity index (χ4n) is 2.29. The molecule has 1 aliphatic rings. The van der Waals surface area contributed by atoms with Crippen molar-refractivity contribution in [1.82, 2.24) is 5.32 Å². The van der Waals surface area contributed by atoms with Crippen molar-refractivity contribution in [3.8, 4) is 0 Å². The van der Waals surface area contributed by atoms with E-state index in [0.29, 0.717) is 13.2 Å². The van der Waals surface area contributed by atoms with Gasteiger partial charge in [0.15, 0.2) is 0 Å². The van der Waals surface area contributed by atoms with Crippen LogP contribution in [0.5, 0.6) is 0 Å². The zero-order chi connectivity index (χ0) is 13.5. The number of benzene rings is 1. The molecule has 0 unspecified atom stereocenters. The van der Waals surface area contributed by atoms with Crippen molar-refractivity contribution >= 4 is 11.6 Å². The highest BCUT2D eigenvalue weighted by Gasteiger charge is 2.20. The van der Waals surface area contributed by atoms with Gasteiger partial charge in [-0.05, 0) is 50.6 Å². The van der Waals surface area contributed by atoms with Crippen molar-refractivity contribution in [2.45, 2.75) is 26.4 Å². The van der Waals surface area contributed by atoms with Crippen molar-refractivity contribution in [3.63, 3.8) is 0 Å². The molecule has 0 aliphatic carbocycles. The molecule has 0 aromatic heterocycles. The van der Waals surface area contributed by atoms with Gasteiger partial charge in [-0.25, -0.2) is 0 Å². The summed E-state index contributed by atoms with van der Waals surface area (Å²) < 4.78 is 5.37. The normalized spacial score (nSPS) is 16.3. The third-order valence-electron chi connectivity index (χ3n) is 3.38. The molecule has 104 valence electrons. The molecule has 0 bridgehead atoms. The highest BCUT2D eigenvalue weighted by atomic mass is 16.5. The highest BCUT2D eigenvalue weighted by Crippen LogP contribution is 2.17. The molecular formula is C15H22N2O2. The van der Waals surface area contributed by atoms with E-state index in [-0.39, 0.29) is 11.8 Å². The number of ether oxygens (including phenoxy) is 1. The van der Waals surface area contributed by atoms with Crippen LogP contribution in [0.1, 0.15) is 25.3 Å². The molecule has 1 fully saturated rings. The number of rotatable bonds is 5. The van der Waals surface area contributed by atoms with E-state index >= 15 is 0 Å². The number of carbonyl (C=O) groups is 1. The second-order valence-electron chi connectivity index (χ2n) is 4.85. The summed E-state index contributed by atoms with van der Waals surface area (Å²) in [5.74, 6) is 0.270. The Morgan fingerprint density at radius 3 is 2.95 bits per heavy atom. The molecule has 0 atom stereocenters. The number of hydrogen-bond acceptors (Lipinski definition) is 3. The van der Waals surface area contributed by atoms with Crippen LogP contribution in [0.2, 0.25) is 0 Å². The van der Waals surface area contributed by atoms with Crippen LogP contribution in [0.3, 0.4) is 0 Å². The van der Waals surface area contributed by atoms with Crippen LogP contribution in [-0.2, 0) is 16.1 Å². The Morgan fingerprint density at radius 1 is 1.42 bits per heavy atom. The first kappa shape index (κ1) is 14.0. The molecule has 1 saturated heterocycles. The Hall–Kier alpha value is -1.39. The van der Waals surface area contributed by atoms with Gasteiger partial charge in [-0.1, -0.05) is 12.1 Å². The summed E-state index contributed by atoms with van der Waals surface area (Å²) in [6, 6.07) is 7.87. The lowest BCUT2D eigenvalue weighted by Gasteiger charge is -2.21. The van der Waals surface area contributed by atoms with Gasteiger partial charge in [0.05, 0.1) is 6.61 Å². The van der Waals surface area contributed by atoms with Crippen LogP contribution in [0.15, 0.2) is 24.3 Å². The highest BCUT2D eigenvalue weighted by molar-refractivity contribution is 5.92. The number of amides is 1. The van der Waals surface area contributed by atoms with Gasteiger partial charge >= 0.3 is 0 Å². The summed E-state index contributed by atoms with van der Waals surface area (Å²) >= 11 is 0. The lowest BCUT2D eigenvalue weighted by Crippen LogP contribution is -2.34. The zero-order valence-electron chi connectivity index (χ0n) is 11.4. The van der Waals surface area contributed by atoms with Crippen LogP contribution in [-0.4, -0.2) is 25.6 Å². The molecule has 2 rings (SSSR count). The number of anilines is 1. The Bertz CT molecular complexity index is 414. The summed E-state index contributed by atoms with van der Waals surface area (Å²) in [6.45, 7) is 5.13. The molecule has 0 spiro atoms. The minimum atomic E-state index is 0.134. The fraction of sp³-hybridized carbons (Fsp3) is 0.533. The lowest BCUT2D eigenvalue weighted by molar-refractivity contribution is -0.120. The minimum Gasteiger partial charge on any atom is -0.377 e. The first-order chi connectivity index (χ1) is 9.29. The smallest absolute Gasteiger partial charge is 0.227 e. The molecule has 19 heavy (non-hydrogen) atoms. The number of piperidine rings is 1. The second kappa shape index (κ2) is 7.26. The molecule has 1 aromatic rings. The summed E-state index contributed by atoms with van der Waals surface area (Å²) in [4.78, 5) is 12.1. The second-order valence-corrected chi connectivity index (χ2v) is 4.85. The number of carbonyl (C=O) groups excluding carboxylic acids is 1. The van der Waals surface area contributed by atoms with Gasteiger partial charge in [-0.2, -0.15) is 0 Å². The Kier molecular flexibility index (Phi) is 5.36. The van der Waals surface area contributed by atoms with Gasteiger partial charge in [-0.3, -0.25) is 4.79 Å². The SMILES string of the molecule is CCOCc1cccc(NC(=O)C2CCNCC2)c1. The molecule has 4 heteroatoms. The summed E-state index contributed by atoms with van der Waals surface area (Å²) in [7, 11) is 0. The standard InChI is InChI=1S/C15H22N2O2/c1-2-19-11-12-4-3-5-14(10-12)17-15(18)13-6-8-16-9-7-13/h3-5,10,13,16H,2,6-9,11H2,1H3,(H,17,18). The zero-order valence-corrected chi connectivity index (χ0v) is 11.4. The van der Waals surface area contributed by atoms with Crippen LogP contribution < -0.4 is 10.6 Å². The largest absolute Gasteiger partial charge is 0.377 e. The van der Waals surface area contributed by atoms with Crippen molar-refractivity contribution in [1.29, 1.82) is 0 Å². The third-order valence-corrected chi connectivity index (χ3v) is 3.38. The lowest BCUT2D eigenvalue weighted by atomic mass is 9.97. The van der Waals surface area contributed by atoms with E-state index in [0.717, 1.165) is 37.2 Å². The van der Waals surface area contributed by atoms with Gasteiger partial charge in [0, 0.05) is 18.2 Å². The first-order valence-corrected chi connectivity index (χ1v) is 6.98. The monoisotopic (exact) mass is 262 g/mol. The third kappa shape index (κ3) is 4.33. The molecular weight excluding hydrogens is 240 g/mol. The van der Waals surface area contributed by atoms with E-state index in [1.54, 1.807) is 0 Å². The maximum absolute atomic E-state index is 12.1. The van der Waals surface area contributed by atoms with Crippen molar-refractivity contribution in [2.24, 2.45) is 5.92 Å². The van der Waals surface area contributed by atoms with Crippen LogP contribution >= 0.6 is 0 Å². The van der Waals surface area contributed by atoms with E-state index < -0.39 is 0 Å². The van der Waals surface area contributed by atoms with E-state index in [1.165, 1.54) is 0 Å². The molecule has 0 saturated carbocycles. The Morgan fingerprint density at radius 2 is 2.21 bits per heavy atom. The quantitative estimate of drug-likeness (QED) is 0.855. The van der Waals surface area contributed by atoms with Gasteiger partial charge in [0.1, 0.15) is 0 Å². The summed E-state index contributed by atoms with van der Waals surface area (Å²) in [6.07, 6.45) is 1.84. The fourth-order valence-corrected chi connectivity index (χ4v) is 2.29. The topological polar surface area (TPSA) is 50.4 Å². The van der Waals surface area contributed by atoms with Crippen LogP contribution in [0.4, 0.5) is 5.69 Å². The Balaban J connectivity index is 1.92. The van der Waals surface area contributed by atoms with Crippen molar-refractivity contribution < 1.29 is 9.53 Å². The Labute approximate surface area is 114 Å². The van der Waals surface area contributed by atoms with E-state index in [4.69, 9.17) is 4.74 Å². The molecule has 1 heterocycles. The van der Waals surface area contributed by atoms with Crippen molar-refractivity contribution in [3.05, 3.63) is 29.8 Å². The predicted molar refractivity (Wildman–Crippen MR) is 76.0 cm³/mol. The summed E-state index contributed by atoms with van der Waals surface area (Å²) in [5, 5.41) is 6.28. The molecule has 0 radical (unpaired) electrons. The van der Waals surface area contributed by atoms with Crippen LogP contribution in [0, 0.1) is 5.92 Å². The van der Waals surface area contributed by atoms with Crippen molar-refractivity contribution in [2.75, 3.05) is 25.0 Å². The van der Waals surface area contributed by atoms with E-state index in [2.05, 4.69) is 10.6 Å². The maximum Gasteiger partial charge on any atom is 0.227 e. The molecule has 1 aliphatic heterocycles. The van der Waals surface area contributed by atoms with Gasteiger partial charge in [0.2, 0.25) is 5.91 Å². The molecule has 2 N–H and O–H groups in total. The minimum absolute atomic E-state index is 0.134. The van der Waals surface area contributed by atoms with Gasteiger partial charge in [-0.15, -0.1) is 0 Å². The van der Waals surface area contributed by atoms with Gasteiger partial charge < -0.3 is 15.4 Å². The number of hydrogen-bond donors (Lipinski definition) is 2. The maximum atomic E-state index is 12.1. The van der Waals surface area contributed by atoms with E-state index in [1.807, 2.05) is 31.2 Å². The average Bonchev–Trinajstić information content (AvgIpc) is 2.46. The molecule has 1 aromatic carbocycles. The van der Waals surface area contributed by atoms with Gasteiger partial charge in [0.25, 0.3) is 0 Å². The average molecular weight is 262 g/mol. The number of nitrogens with one attached hydrogen (secondary N) is 2. The van der Waals surface area contributed by atoms with E-state index in [9.17, 15) is 4.79 Å². The first-order valence-electron chi connectivity index (χ1n) is 6.98. The molecule has 1 amide bonds. The van der Waals surface area contributed by atoms with Crippen LogP contribution in [0.25, 0.3) is 0 Å². The predicted octanol–water partition coefficient (Wildman–Crippen LogP) is 2.16.